The van der Waals surface area contributed by atoms with Crippen LogP contribution in [0.2, 0.25) is 5.02 Å². The van der Waals surface area contributed by atoms with E-state index in [1.807, 2.05) is 0 Å². The Labute approximate surface area is 154 Å². The molecule has 2 N–H and O–H groups in total. The summed E-state index contributed by atoms with van der Waals surface area (Å²) in [4.78, 5) is 24.1. The summed E-state index contributed by atoms with van der Waals surface area (Å²) in [6, 6.07) is 4.45. The summed E-state index contributed by atoms with van der Waals surface area (Å²) in [5, 5.41) is 5.03. The second kappa shape index (κ2) is 9.20. The minimum absolute atomic E-state index is 0.133. The average Bonchev–Trinajstić information content (AvgIpc) is 3.07. The number of nitrogens with one attached hydrogen (secondary N) is 2. The van der Waals surface area contributed by atoms with E-state index in [1.165, 1.54) is 7.05 Å². The number of hydrogen-bond acceptors (Lipinski definition) is 4. The zero-order valence-corrected chi connectivity index (χ0v) is 15.7. The molecule has 0 spiro atoms. The average molecular weight is 387 g/mol. The molecule has 1 aromatic rings. The van der Waals surface area contributed by atoms with Crippen LogP contribution in [0.15, 0.2) is 18.2 Å². The normalized spacial score (nSPS) is 16.0. The first-order chi connectivity index (χ1) is 11.9. The maximum atomic E-state index is 12.6. The number of benzene rings is 1. The first kappa shape index (κ1) is 19.7. The maximum absolute atomic E-state index is 12.6. The molecule has 0 aromatic heterocycles. The van der Waals surface area contributed by atoms with Gasteiger partial charge in [0.15, 0.2) is 0 Å². The fourth-order valence-corrected chi connectivity index (χ4v) is 4.19. The molecule has 138 valence electrons. The zero-order chi connectivity index (χ0) is 18.4. The second-order valence-corrected chi connectivity index (χ2v) is 7.74. The van der Waals surface area contributed by atoms with Gasteiger partial charge in [-0.1, -0.05) is 49.4 Å². The van der Waals surface area contributed by atoms with Crippen molar-refractivity contribution in [3.05, 3.63) is 34.3 Å². The van der Waals surface area contributed by atoms with E-state index >= 15 is 0 Å². The third-order valence-electron chi connectivity index (χ3n) is 4.60. The molecule has 8 heteroatoms. The van der Waals surface area contributed by atoms with Gasteiger partial charge in [0.2, 0.25) is 5.91 Å². The molecule has 0 heterocycles. The maximum Gasteiger partial charge on any atom is 0.321 e. The molecule has 1 aliphatic carbocycles. The lowest BCUT2D eigenvalue weighted by Gasteiger charge is -2.21. The largest absolute Gasteiger partial charge is 0.341 e. The molecule has 0 unspecified atom stereocenters. The summed E-state index contributed by atoms with van der Waals surface area (Å²) in [5.41, 5.74) is 1.20. The molecule has 0 saturated heterocycles. The van der Waals surface area contributed by atoms with Crippen LogP contribution in [-0.4, -0.2) is 27.4 Å². The Bertz CT molecular complexity index is 707. The lowest BCUT2D eigenvalue weighted by Crippen LogP contribution is -2.40. The predicted octanol–water partition coefficient (Wildman–Crippen LogP) is 2.57. The van der Waals surface area contributed by atoms with Gasteiger partial charge >= 0.3 is 6.03 Å². The minimum atomic E-state index is -2.57. The molecule has 1 aromatic carbocycles. The number of urea groups is 1. The standard InChI is InChI=1S/C17H23ClN2O4S/c1-19-17(22)20-16(21)14(8-11-4-2-3-5-11)12-6-7-13(10-25(23)24)15(18)9-12/h6-7,9,11,14,25H,2-5,8,10H2,1H3,(H2,19,20,21,22)/t14-/m1/s1. The van der Waals surface area contributed by atoms with E-state index in [4.69, 9.17) is 11.6 Å². The van der Waals surface area contributed by atoms with E-state index < -0.39 is 22.7 Å². The number of imide groups is 1. The van der Waals surface area contributed by atoms with E-state index in [9.17, 15) is 18.0 Å². The molecule has 0 aliphatic heterocycles. The summed E-state index contributed by atoms with van der Waals surface area (Å²) in [5.74, 6) is -0.556. The SMILES string of the molecule is CNC(=O)NC(=O)[C@H](CC1CCCC1)c1ccc(C[SH](=O)=O)c(Cl)c1. The lowest BCUT2D eigenvalue weighted by molar-refractivity contribution is -0.121. The van der Waals surface area contributed by atoms with Gasteiger partial charge in [0.1, 0.15) is 10.7 Å². The summed E-state index contributed by atoms with van der Waals surface area (Å²) in [7, 11) is -1.12. The summed E-state index contributed by atoms with van der Waals surface area (Å²) in [6.07, 6.45) is 5.11. The quantitative estimate of drug-likeness (QED) is 0.655. The van der Waals surface area contributed by atoms with Crippen molar-refractivity contribution in [2.45, 2.75) is 43.8 Å². The molecule has 6 nitrogen and oxygen atoms in total. The fourth-order valence-electron chi connectivity index (χ4n) is 3.28. The van der Waals surface area contributed by atoms with Crippen LogP contribution in [0.3, 0.4) is 0 Å². The van der Waals surface area contributed by atoms with E-state index in [-0.39, 0.29) is 11.7 Å². The Morgan fingerprint density at radius 3 is 2.52 bits per heavy atom. The molecule has 1 aliphatic rings. The van der Waals surface area contributed by atoms with Gasteiger partial charge in [-0.15, -0.1) is 0 Å². The molecule has 2 rings (SSSR count). The van der Waals surface area contributed by atoms with Crippen LogP contribution in [0.25, 0.3) is 0 Å². The number of carbonyl (C=O) groups excluding carboxylic acids is 2. The summed E-state index contributed by atoms with van der Waals surface area (Å²) in [6.45, 7) is 0. The Kier molecular flexibility index (Phi) is 7.25. The van der Waals surface area contributed by atoms with Crippen molar-refractivity contribution in [1.82, 2.24) is 10.6 Å². The summed E-state index contributed by atoms with van der Waals surface area (Å²) < 4.78 is 21.8. The molecule has 3 amide bonds. The molecule has 0 radical (unpaired) electrons. The molecule has 1 atom stereocenters. The number of carbonyl (C=O) groups is 2. The molecule has 1 fully saturated rings. The van der Waals surface area contributed by atoms with Gasteiger partial charge in [0.05, 0.1) is 11.7 Å². The number of hydrogen-bond donors (Lipinski definition) is 3. The molecule has 1 saturated carbocycles. The first-order valence-corrected chi connectivity index (χ1v) is 10.1. The highest BCUT2D eigenvalue weighted by Gasteiger charge is 2.28. The van der Waals surface area contributed by atoms with Gasteiger partial charge in [-0.25, -0.2) is 13.2 Å². The van der Waals surface area contributed by atoms with Crippen LogP contribution in [0.4, 0.5) is 4.79 Å². The van der Waals surface area contributed by atoms with Crippen LogP contribution in [0.1, 0.15) is 49.1 Å². The Balaban J connectivity index is 2.25. The van der Waals surface area contributed by atoms with Crippen LogP contribution in [0.5, 0.6) is 0 Å². The highest BCUT2D eigenvalue weighted by molar-refractivity contribution is 7.71. The van der Waals surface area contributed by atoms with Crippen LogP contribution in [-0.2, 0) is 21.3 Å². The van der Waals surface area contributed by atoms with Crippen molar-refractivity contribution >= 4 is 34.2 Å². The third kappa shape index (κ3) is 5.71. The highest BCUT2D eigenvalue weighted by atomic mass is 35.5. The number of halogens is 1. The van der Waals surface area contributed by atoms with Gasteiger partial charge in [-0.05, 0) is 29.5 Å². The highest BCUT2D eigenvalue weighted by Crippen LogP contribution is 2.35. The second-order valence-electron chi connectivity index (χ2n) is 6.35. The number of amides is 3. The Hall–Kier alpha value is -1.60. The van der Waals surface area contributed by atoms with E-state index in [0.29, 0.717) is 28.5 Å². The van der Waals surface area contributed by atoms with Gasteiger partial charge < -0.3 is 5.32 Å². The summed E-state index contributed by atoms with van der Waals surface area (Å²) >= 11 is 6.19. The Morgan fingerprint density at radius 1 is 1.28 bits per heavy atom. The first-order valence-electron chi connectivity index (χ1n) is 8.33. The monoisotopic (exact) mass is 386 g/mol. The smallest absolute Gasteiger partial charge is 0.321 e. The van der Waals surface area contributed by atoms with E-state index in [2.05, 4.69) is 10.6 Å². The fraction of sp³-hybridized carbons (Fsp3) is 0.529. The molecule has 0 bridgehead atoms. The zero-order valence-electron chi connectivity index (χ0n) is 14.1. The number of thiol groups is 1. The van der Waals surface area contributed by atoms with Crippen molar-refractivity contribution in [2.75, 3.05) is 7.05 Å². The molecule has 25 heavy (non-hydrogen) atoms. The topological polar surface area (TPSA) is 92.3 Å². The van der Waals surface area contributed by atoms with Crippen molar-refractivity contribution in [2.24, 2.45) is 5.92 Å². The minimum Gasteiger partial charge on any atom is -0.341 e. The van der Waals surface area contributed by atoms with E-state index in [0.717, 1.165) is 25.7 Å². The predicted molar refractivity (Wildman–Crippen MR) is 97.4 cm³/mol. The van der Waals surface area contributed by atoms with Crippen LogP contribution in [0, 0.1) is 5.92 Å². The van der Waals surface area contributed by atoms with Crippen molar-refractivity contribution in [3.63, 3.8) is 0 Å². The van der Waals surface area contributed by atoms with Gasteiger partial charge in [0.25, 0.3) is 0 Å². The van der Waals surface area contributed by atoms with Crippen molar-refractivity contribution in [3.8, 4) is 0 Å². The third-order valence-corrected chi connectivity index (χ3v) is 5.55. The molecular formula is C17H23ClN2O4S. The van der Waals surface area contributed by atoms with Gasteiger partial charge in [0, 0.05) is 12.1 Å². The van der Waals surface area contributed by atoms with Crippen molar-refractivity contribution in [1.29, 1.82) is 0 Å². The molecular weight excluding hydrogens is 364 g/mol. The Morgan fingerprint density at radius 2 is 1.96 bits per heavy atom. The number of rotatable bonds is 6. The van der Waals surface area contributed by atoms with Gasteiger partial charge in [-0.2, -0.15) is 0 Å². The van der Waals surface area contributed by atoms with Crippen LogP contribution < -0.4 is 10.6 Å². The van der Waals surface area contributed by atoms with Crippen LogP contribution >= 0.6 is 11.6 Å². The lowest BCUT2D eigenvalue weighted by atomic mass is 9.87. The van der Waals surface area contributed by atoms with Gasteiger partial charge in [-0.3, -0.25) is 10.1 Å². The van der Waals surface area contributed by atoms with E-state index in [1.54, 1.807) is 18.2 Å². The van der Waals surface area contributed by atoms with Crippen molar-refractivity contribution < 1.29 is 18.0 Å².